The molecular weight excluding hydrogens is 366 g/mol. The minimum absolute atomic E-state index is 0.0217. The van der Waals surface area contributed by atoms with Crippen LogP contribution < -0.4 is 5.32 Å². The Morgan fingerprint density at radius 2 is 2.15 bits per heavy atom. The number of ketones is 1. The van der Waals surface area contributed by atoms with Crippen LogP contribution in [0.25, 0.3) is 10.2 Å². The zero-order chi connectivity index (χ0) is 18.3. The molecule has 1 aliphatic rings. The molecule has 0 fully saturated rings. The Hall–Kier alpha value is -2.25. The summed E-state index contributed by atoms with van der Waals surface area (Å²) in [5.41, 5.74) is 2.32. The molecule has 0 saturated heterocycles. The van der Waals surface area contributed by atoms with Gasteiger partial charge in [-0.2, -0.15) is 0 Å². The van der Waals surface area contributed by atoms with Crippen LogP contribution in [0.2, 0.25) is 0 Å². The predicted molar refractivity (Wildman–Crippen MR) is 105 cm³/mol. The summed E-state index contributed by atoms with van der Waals surface area (Å²) in [4.78, 5) is 35.3. The highest BCUT2D eigenvalue weighted by Crippen LogP contribution is 2.34. The summed E-state index contributed by atoms with van der Waals surface area (Å²) in [7, 11) is 0. The monoisotopic (exact) mass is 383 g/mol. The number of anilines is 1. The lowest BCUT2D eigenvalue weighted by Crippen LogP contribution is -2.08. The lowest BCUT2D eigenvalue weighted by atomic mass is 9.99. The van der Waals surface area contributed by atoms with Crippen molar-refractivity contribution >= 4 is 50.7 Å². The fourth-order valence-corrected chi connectivity index (χ4v) is 4.85. The predicted octanol–water partition coefficient (Wildman–Crippen LogP) is 4.28. The number of carbonyl (C=O) groups excluding carboxylic acids is 2. The number of hydrogen-bond acceptors (Lipinski definition) is 6. The van der Waals surface area contributed by atoms with E-state index in [1.165, 1.54) is 16.6 Å². The molecule has 2 aromatic heterocycles. The van der Waals surface area contributed by atoms with E-state index in [1.807, 2.05) is 19.1 Å². The van der Waals surface area contributed by atoms with E-state index in [1.54, 1.807) is 23.7 Å². The van der Waals surface area contributed by atoms with Gasteiger partial charge in [-0.3, -0.25) is 9.59 Å². The van der Waals surface area contributed by atoms with Crippen LogP contribution in [0.5, 0.6) is 0 Å². The molecule has 1 aliphatic heterocycles. The number of thiophene rings is 1. The van der Waals surface area contributed by atoms with Crippen molar-refractivity contribution in [2.45, 2.75) is 31.2 Å². The van der Waals surface area contributed by atoms with Crippen LogP contribution in [0.15, 0.2) is 35.6 Å². The summed E-state index contributed by atoms with van der Waals surface area (Å²) < 4.78 is 0. The third-order valence-electron chi connectivity index (χ3n) is 4.52. The van der Waals surface area contributed by atoms with Gasteiger partial charge in [-0.25, -0.2) is 9.97 Å². The van der Waals surface area contributed by atoms with Crippen molar-refractivity contribution in [2.24, 2.45) is 0 Å². The highest BCUT2D eigenvalue weighted by Gasteiger charge is 2.27. The van der Waals surface area contributed by atoms with E-state index in [4.69, 9.17) is 0 Å². The van der Waals surface area contributed by atoms with E-state index >= 15 is 0 Å². The minimum Gasteiger partial charge on any atom is -0.325 e. The fraction of sp³-hybridized carbons (Fsp3) is 0.263. The van der Waals surface area contributed by atoms with Crippen molar-refractivity contribution in [3.8, 4) is 0 Å². The number of carbonyl (C=O) groups is 2. The molecule has 3 heterocycles. The number of rotatable bonds is 5. The Bertz CT molecular complexity index is 1030. The second-order valence-corrected chi connectivity index (χ2v) is 8.27. The molecule has 26 heavy (non-hydrogen) atoms. The van der Waals surface area contributed by atoms with E-state index in [0.717, 1.165) is 32.9 Å². The molecule has 1 aromatic carbocycles. The topological polar surface area (TPSA) is 72.0 Å². The van der Waals surface area contributed by atoms with Gasteiger partial charge in [-0.05, 0) is 43.2 Å². The number of aromatic nitrogens is 2. The lowest BCUT2D eigenvalue weighted by molar-refractivity contribution is -0.116. The first-order valence-corrected chi connectivity index (χ1v) is 10.2. The highest BCUT2D eigenvalue weighted by atomic mass is 32.2. The zero-order valence-corrected chi connectivity index (χ0v) is 16.0. The molecule has 1 N–H and O–H groups in total. The van der Waals surface area contributed by atoms with Crippen LogP contribution in [0, 0.1) is 0 Å². The number of hydrogen-bond donors (Lipinski definition) is 1. The summed E-state index contributed by atoms with van der Waals surface area (Å²) in [6.45, 7) is 3.96. The molecule has 7 heteroatoms. The van der Waals surface area contributed by atoms with Crippen LogP contribution in [0.1, 0.15) is 40.6 Å². The molecule has 0 radical (unpaired) electrons. The van der Waals surface area contributed by atoms with Gasteiger partial charge in [0.05, 0.1) is 11.7 Å². The van der Waals surface area contributed by atoms with Crippen molar-refractivity contribution in [1.82, 2.24) is 9.97 Å². The molecule has 0 aliphatic carbocycles. The number of nitrogens with zero attached hydrogens (tertiary/aromatic N) is 2. The SMILES string of the molecule is CCc1cc2c(SCC(=O)c3ccc4c(c3)[C@@H](C)C(=O)N4)ncnc2s1. The molecule has 3 aromatic rings. The van der Waals surface area contributed by atoms with Gasteiger partial charge < -0.3 is 5.32 Å². The fourth-order valence-electron chi connectivity index (χ4n) is 2.98. The maximum absolute atomic E-state index is 12.6. The van der Waals surface area contributed by atoms with E-state index in [9.17, 15) is 9.59 Å². The number of nitrogens with one attached hydrogen (secondary N) is 1. The van der Waals surface area contributed by atoms with E-state index < -0.39 is 0 Å². The quantitative estimate of drug-likeness (QED) is 0.404. The lowest BCUT2D eigenvalue weighted by Gasteiger charge is -2.06. The first-order valence-electron chi connectivity index (χ1n) is 8.41. The van der Waals surface area contributed by atoms with Crippen molar-refractivity contribution in [3.63, 3.8) is 0 Å². The summed E-state index contributed by atoms with van der Waals surface area (Å²) >= 11 is 3.10. The zero-order valence-electron chi connectivity index (χ0n) is 14.4. The number of amides is 1. The van der Waals surface area contributed by atoms with Crippen LogP contribution >= 0.6 is 23.1 Å². The average Bonchev–Trinajstić information content (AvgIpc) is 3.20. The second-order valence-electron chi connectivity index (χ2n) is 6.19. The summed E-state index contributed by atoms with van der Waals surface area (Å²) in [5.74, 6) is 0.0940. The molecule has 4 rings (SSSR count). The van der Waals surface area contributed by atoms with Gasteiger partial charge >= 0.3 is 0 Å². The van der Waals surface area contributed by atoms with Gasteiger partial charge in [0.2, 0.25) is 5.91 Å². The molecule has 0 spiro atoms. The largest absolute Gasteiger partial charge is 0.325 e. The number of benzene rings is 1. The van der Waals surface area contributed by atoms with Crippen LogP contribution in [-0.2, 0) is 11.2 Å². The Morgan fingerprint density at radius 1 is 1.31 bits per heavy atom. The molecule has 132 valence electrons. The summed E-state index contributed by atoms with van der Waals surface area (Å²) in [6.07, 6.45) is 2.52. The normalized spacial score (nSPS) is 15.9. The van der Waals surface area contributed by atoms with Gasteiger partial charge in [0.15, 0.2) is 5.78 Å². The highest BCUT2D eigenvalue weighted by molar-refractivity contribution is 8.00. The maximum Gasteiger partial charge on any atom is 0.231 e. The Balaban J connectivity index is 1.53. The summed E-state index contributed by atoms with van der Waals surface area (Å²) in [6, 6.07) is 7.52. The third kappa shape index (κ3) is 3.01. The standard InChI is InChI=1S/C19H17N3O2S2/c1-3-12-7-14-18(20-9-21-19(14)26-12)25-8-16(23)11-4-5-15-13(6-11)10(2)17(24)22-15/h4-7,9-10H,3,8H2,1-2H3,(H,22,24)/t10-/m1/s1. The van der Waals surface area contributed by atoms with Crippen LogP contribution in [0.4, 0.5) is 5.69 Å². The van der Waals surface area contributed by atoms with Crippen LogP contribution in [-0.4, -0.2) is 27.4 Å². The maximum atomic E-state index is 12.6. The number of Topliss-reactive ketones (excluding diaryl/α,β-unsaturated/α-hetero) is 1. The average molecular weight is 383 g/mol. The molecule has 1 amide bonds. The van der Waals surface area contributed by atoms with E-state index in [-0.39, 0.29) is 17.6 Å². The molecular formula is C19H17N3O2S2. The van der Waals surface area contributed by atoms with Gasteiger partial charge in [-0.15, -0.1) is 11.3 Å². The molecule has 5 nitrogen and oxygen atoms in total. The molecule has 0 bridgehead atoms. The molecule has 1 atom stereocenters. The Kier molecular flexibility index (Phi) is 4.50. The molecule has 0 unspecified atom stereocenters. The van der Waals surface area contributed by atoms with Crippen molar-refractivity contribution in [1.29, 1.82) is 0 Å². The van der Waals surface area contributed by atoms with Gasteiger partial charge in [0, 0.05) is 21.5 Å². The van der Waals surface area contributed by atoms with Crippen molar-refractivity contribution in [3.05, 3.63) is 46.6 Å². The van der Waals surface area contributed by atoms with Crippen molar-refractivity contribution < 1.29 is 9.59 Å². The Labute approximate surface area is 159 Å². The van der Waals surface area contributed by atoms with Gasteiger partial charge in [0.1, 0.15) is 16.2 Å². The van der Waals surface area contributed by atoms with E-state index in [0.29, 0.717) is 11.3 Å². The Morgan fingerprint density at radius 3 is 2.96 bits per heavy atom. The first kappa shape index (κ1) is 17.2. The second kappa shape index (κ2) is 6.81. The van der Waals surface area contributed by atoms with Gasteiger partial charge in [0.25, 0.3) is 0 Å². The number of fused-ring (bicyclic) bond motifs is 2. The van der Waals surface area contributed by atoms with Gasteiger partial charge in [-0.1, -0.05) is 18.7 Å². The first-order chi connectivity index (χ1) is 12.6. The number of thioether (sulfide) groups is 1. The summed E-state index contributed by atoms with van der Waals surface area (Å²) in [5, 5.41) is 4.68. The van der Waals surface area contributed by atoms with Crippen LogP contribution in [0.3, 0.4) is 0 Å². The molecule has 0 saturated carbocycles. The minimum atomic E-state index is -0.217. The third-order valence-corrected chi connectivity index (χ3v) is 6.72. The van der Waals surface area contributed by atoms with E-state index in [2.05, 4.69) is 28.3 Å². The van der Waals surface area contributed by atoms with Crippen molar-refractivity contribution in [2.75, 3.05) is 11.1 Å². The number of aryl methyl sites for hydroxylation is 1. The smallest absolute Gasteiger partial charge is 0.231 e.